The number of nitrogens with two attached hydrogens (primary N) is 2. The van der Waals surface area contributed by atoms with E-state index in [1.807, 2.05) is 30.3 Å². The maximum Gasteiger partial charge on any atom is 0.146 e. The highest BCUT2D eigenvalue weighted by atomic mass is 16.5. The summed E-state index contributed by atoms with van der Waals surface area (Å²) >= 11 is 0. The van der Waals surface area contributed by atoms with Crippen molar-refractivity contribution in [2.24, 2.45) is 0 Å². The summed E-state index contributed by atoms with van der Waals surface area (Å²) in [5.74, 6) is 1.52. The standard InChI is InChI=1S/C14H14N4O/c15-9-1-4-11(5-2-9)19-8-14-17-12-6-3-10(16)7-13(12)18-14/h1-7H,8,15-16H2,(H,17,18). The van der Waals surface area contributed by atoms with Crippen LogP contribution in [0.2, 0.25) is 0 Å². The van der Waals surface area contributed by atoms with E-state index in [2.05, 4.69) is 9.97 Å². The van der Waals surface area contributed by atoms with Crippen molar-refractivity contribution < 1.29 is 4.74 Å². The molecule has 0 amide bonds. The highest BCUT2D eigenvalue weighted by Crippen LogP contribution is 2.17. The first-order valence-electron chi connectivity index (χ1n) is 5.93. The van der Waals surface area contributed by atoms with Gasteiger partial charge in [-0.05, 0) is 42.5 Å². The number of hydrogen-bond acceptors (Lipinski definition) is 4. The third-order valence-electron chi connectivity index (χ3n) is 2.81. The summed E-state index contributed by atoms with van der Waals surface area (Å²) < 4.78 is 5.63. The lowest BCUT2D eigenvalue weighted by atomic mass is 10.3. The molecule has 3 aromatic rings. The number of ether oxygens (including phenoxy) is 1. The van der Waals surface area contributed by atoms with Crippen LogP contribution in [0, 0.1) is 0 Å². The highest BCUT2D eigenvalue weighted by molar-refractivity contribution is 5.78. The van der Waals surface area contributed by atoms with Crippen molar-refractivity contribution in [3.05, 3.63) is 48.3 Å². The molecule has 19 heavy (non-hydrogen) atoms. The number of H-pyrrole nitrogens is 1. The predicted molar refractivity (Wildman–Crippen MR) is 75.7 cm³/mol. The number of nitrogens with one attached hydrogen (secondary N) is 1. The second-order valence-electron chi connectivity index (χ2n) is 4.32. The quantitative estimate of drug-likeness (QED) is 0.625. The Kier molecular flexibility index (Phi) is 2.72. The molecule has 0 radical (unpaired) electrons. The smallest absolute Gasteiger partial charge is 0.146 e. The molecular weight excluding hydrogens is 240 g/mol. The molecule has 5 N–H and O–H groups in total. The fourth-order valence-corrected chi connectivity index (χ4v) is 1.86. The molecule has 3 rings (SSSR count). The zero-order chi connectivity index (χ0) is 13.2. The van der Waals surface area contributed by atoms with Crippen molar-refractivity contribution >= 4 is 22.4 Å². The molecule has 0 aliphatic carbocycles. The maximum atomic E-state index is 5.72. The van der Waals surface area contributed by atoms with E-state index in [1.165, 1.54) is 0 Å². The van der Waals surface area contributed by atoms with E-state index in [-0.39, 0.29) is 0 Å². The summed E-state index contributed by atoms with van der Waals surface area (Å²) in [6.45, 7) is 0.374. The molecular formula is C14H14N4O. The Labute approximate surface area is 110 Å². The van der Waals surface area contributed by atoms with Crippen molar-refractivity contribution in [3.8, 4) is 5.75 Å². The van der Waals surface area contributed by atoms with Gasteiger partial charge in [0.2, 0.25) is 0 Å². The number of hydrogen-bond donors (Lipinski definition) is 3. The predicted octanol–water partition coefficient (Wildman–Crippen LogP) is 2.31. The largest absolute Gasteiger partial charge is 0.486 e. The first-order chi connectivity index (χ1) is 9.20. The number of rotatable bonds is 3. The molecule has 96 valence electrons. The first kappa shape index (κ1) is 11.4. The fourth-order valence-electron chi connectivity index (χ4n) is 1.86. The first-order valence-corrected chi connectivity index (χ1v) is 5.93. The molecule has 0 fully saturated rings. The normalized spacial score (nSPS) is 10.7. The van der Waals surface area contributed by atoms with Gasteiger partial charge in [-0.2, -0.15) is 0 Å². The Morgan fingerprint density at radius 2 is 1.74 bits per heavy atom. The van der Waals surface area contributed by atoms with Crippen molar-refractivity contribution in [1.29, 1.82) is 0 Å². The van der Waals surface area contributed by atoms with Crippen LogP contribution in [0.1, 0.15) is 5.82 Å². The van der Waals surface area contributed by atoms with Crippen LogP contribution in [-0.4, -0.2) is 9.97 Å². The van der Waals surface area contributed by atoms with Gasteiger partial charge in [0.15, 0.2) is 0 Å². The van der Waals surface area contributed by atoms with Crippen LogP contribution in [0.25, 0.3) is 11.0 Å². The van der Waals surface area contributed by atoms with E-state index in [1.54, 1.807) is 12.1 Å². The van der Waals surface area contributed by atoms with Crippen LogP contribution >= 0.6 is 0 Å². The minimum Gasteiger partial charge on any atom is -0.486 e. The van der Waals surface area contributed by atoms with Gasteiger partial charge in [-0.3, -0.25) is 0 Å². The minimum absolute atomic E-state index is 0.374. The number of benzene rings is 2. The Hall–Kier alpha value is -2.69. The van der Waals surface area contributed by atoms with Gasteiger partial charge in [0.05, 0.1) is 11.0 Å². The van der Waals surface area contributed by atoms with Crippen molar-refractivity contribution in [3.63, 3.8) is 0 Å². The van der Waals surface area contributed by atoms with Crippen molar-refractivity contribution in [1.82, 2.24) is 9.97 Å². The molecule has 0 unspecified atom stereocenters. The number of imidazole rings is 1. The third-order valence-corrected chi connectivity index (χ3v) is 2.81. The van der Waals surface area contributed by atoms with Crippen LogP contribution in [0.3, 0.4) is 0 Å². The summed E-state index contributed by atoms with van der Waals surface area (Å²) in [6, 6.07) is 12.8. The molecule has 1 heterocycles. The molecule has 0 saturated carbocycles. The zero-order valence-corrected chi connectivity index (χ0v) is 10.3. The van der Waals surface area contributed by atoms with Crippen LogP contribution in [-0.2, 0) is 6.61 Å². The number of anilines is 2. The van der Waals surface area contributed by atoms with Gasteiger partial charge in [0.25, 0.3) is 0 Å². The fraction of sp³-hybridized carbons (Fsp3) is 0.0714. The highest BCUT2D eigenvalue weighted by Gasteiger charge is 2.03. The molecule has 5 nitrogen and oxygen atoms in total. The summed E-state index contributed by atoms with van der Waals surface area (Å²) in [6.07, 6.45) is 0. The van der Waals surface area contributed by atoms with Crippen LogP contribution in [0.15, 0.2) is 42.5 Å². The van der Waals surface area contributed by atoms with E-state index >= 15 is 0 Å². The molecule has 0 saturated heterocycles. The molecule has 0 aliphatic rings. The molecule has 0 spiro atoms. The number of nitrogen functional groups attached to an aromatic ring is 2. The second kappa shape index (κ2) is 4.53. The van der Waals surface area contributed by atoms with Crippen LogP contribution in [0.5, 0.6) is 5.75 Å². The van der Waals surface area contributed by atoms with E-state index in [4.69, 9.17) is 16.2 Å². The van der Waals surface area contributed by atoms with E-state index < -0.39 is 0 Å². The van der Waals surface area contributed by atoms with E-state index in [0.717, 1.165) is 22.6 Å². The number of nitrogens with zero attached hydrogens (tertiary/aromatic N) is 1. The lowest BCUT2D eigenvalue weighted by Gasteiger charge is -2.03. The molecule has 0 aliphatic heterocycles. The zero-order valence-electron chi connectivity index (χ0n) is 10.3. The Balaban J connectivity index is 1.76. The molecule has 0 bridgehead atoms. The summed E-state index contributed by atoms with van der Waals surface area (Å²) in [7, 11) is 0. The second-order valence-corrected chi connectivity index (χ2v) is 4.32. The monoisotopic (exact) mass is 254 g/mol. The molecule has 5 heteroatoms. The lowest BCUT2D eigenvalue weighted by Crippen LogP contribution is -1.97. The van der Waals surface area contributed by atoms with Crippen molar-refractivity contribution in [2.75, 3.05) is 11.5 Å². The Morgan fingerprint density at radius 1 is 1.00 bits per heavy atom. The van der Waals surface area contributed by atoms with Crippen LogP contribution in [0.4, 0.5) is 11.4 Å². The molecule has 1 aromatic heterocycles. The SMILES string of the molecule is Nc1ccc(OCc2nc3ccc(N)cc3[nH]2)cc1. The molecule has 0 atom stereocenters. The number of aromatic nitrogens is 2. The Bertz CT molecular complexity index is 703. The lowest BCUT2D eigenvalue weighted by molar-refractivity contribution is 0.297. The maximum absolute atomic E-state index is 5.72. The van der Waals surface area contributed by atoms with Crippen LogP contribution < -0.4 is 16.2 Å². The molecule has 2 aromatic carbocycles. The number of fused-ring (bicyclic) bond motifs is 1. The average Bonchev–Trinajstić information content (AvgIpc) is 2.80. The van der Waals surface area contributed by atoms with Gasteiger partial charge in [-0.15, -0.1) is 0 Å². The van der Waals surface area contributed by atoms with Gasteiger partial charge >= 0.3 is 0 Å². The summed E-state index contributed by atoms with van der Waals surface area (Å²) in [4.78, 5) is 7.60. The summed E-state index contributed by atoms with van der Waals surface area (Å²) in [5.41, 5.74) is 14.6. The van der Waals surface area contributed by atoms with E-state index in [9.17, 15) is 0 Å². The van der Waals surface area contributed by atoms with Gasteiger partial charge < -0.3 is 21.2 Å². The van der Waals surface area contributed by atoms with Gasteiger partial charge in [0, 0.05) is 11.4 Å². The minimum atomic E-state index is 0.374. The van der Waals surface area contributed by atoms with Gasteiger partial charge in [0.1, 0.15) is 18.2 Å². The van der Waals surface area contributed by atoms with Crippen molar-refractivity contribution in [2.45, 2.75) is 6.61 Å². The number of aromatic amines is 1. The average molecular weight is 254 g/mol. The third kappa shape index (κ3) is 2.44. The topological polar surface area (TPSA) is 89.9 Å². The van der Waals surface area contributed by atoms with E-state index in [0.29, 0.717) is 18.0 Å². The summed E-state index contributed by atoms with van der Waals surface area (Å²) in [5, 5.41) is 0. The van der Waals surface area contributed by atoms with Gasteiger partial charge in [-0.1, -0.05) is 0 Å². The Morgan fingerprint density at radius 3 is 2.53 bits per heavy atom. The van der Waals surface area contributed by atoms with Gasteiger partial charge in [-0.25, -0.2) is 4.98 Å².